The van der Waals surface area contributed by atoms with Crippen molar-refractivity contribution in [2.75, 3.05) is 6.26 Å². The summed E-state index contributed by atoms with van der Waals surface area (Å²) in [6.45, 7) is 6.83. The predicted molar refractivity (Wildman–Crippen MR) is 72.8 cm³/mol. The van der Waals surface area contributed by atoms with Gasteiger partial charge in [-0.25, -0.2) is 0 Å². The molecule has 1 nitrogen and oxygen atoms in total. The van der Waals surface area contributed by atoms with E-state index < -0.39 is 0 Å². The first-order valence-electron chi connectivity index (χ1n) is 6.78. The van der Waals surface area contributed by atoms with Gasteiger partial charge >= 0.3 is 0 Å². The van der Waals surface area contributed by atoms with E-state index in [0.29, 0.717) is 23.5 Å². The molecule has 2 heteroatoms. The van der Waals surface area contributed by atoms with Gasteiger partial charge in [-0.2, -0.15) is 0 Å². The molecule has 0 heterocycles. The number of Topliss-reactive ketones (excluding diaryl/α,β-unsaturated/α-hetero) is 1. The Kier molecular flexibility index (Phi) is 2.52. The standard InChI is InChI=1S/C15H22OS/c1-15(2,3)12-10-8-5-6-9(7-8)11(10)13(16)14(12)17-4/h8-11H,5-7H2,1-4H3. The van der Waals surface area contributed by atoms with Gasteiger partial charge < -0.3 is 0 Å². The maximum Gasteiger partial charge on any atom is 0.173 e. The van der Waals surface area contributed by atoms with Crippen molar-refractivity contribution in [2.45, 2.75) is 40.0 Å². The second kappa shape index (κ2) is 3.63. The minimum Gasteiger partial charge on any atom is -0.293 e. The second-order valence-electron chi connectivity index (χ2n) is 6.95. The number of hydrogen-bond donors (Lipinski definition) is 0. The van der Waals surface area contributed by atoms with Crippen LogP contribution >= 0.6 is 11.8 Å². The number of fused-ring (bicyclic) bond motifs is 5. The maximum absolute atomic E-state index is 12.6. The molecule has 4 atom stereocenters. The molecular formula is C15H22OS. The zero-order chi connectivity index (χ0) is 12.4. The average Bonchev–Trinajstić information content (AvgIpc) is 2.87. The van der Waals surface area contributed by atoms with E-state index in [4.69, 9.17) is 0 Å². The molecule has 0 N–H and O–H groups in total. The molecule has 4 unspecified atom stereocenters. The minimum absolute atomic E-state index is 0.165. The van der Waals surface area contributed by atoms with E-state index in [2.05, 4.69) is 27.0 Å². The van der Waals surface area contributed by atoms with Crippen LogP contribution in [0.15, 0.2) is 10.5 Å². The Labute approximate surface area is 108 Å². The maximum atomic E-state index is 12.6. The average molecular weight is 250 g/mol. The molecule has 0 aliphatic heterocycles. The molecule has 3 aliphatic carbocycles. The van der Waals surface area contributed by atoms with E-state index in [0.717, 1.165) is 10.8 Å². The van der Waals surface area contributed by atoms with Crippen molar-refractivity contribution in [2.24, 2.45) is 29.1 Å². The van der Waals surface area contributed by atoms with Gasteiger partial charge in [0.2, 0.25) is 0 Å². The van der Waals surface area contributed by atoms with Crippen LogP contribution in [0.4, 0.5) is 0 Å². The lowest BCUT2D eigenvalue weighted by Crippen LogP contribution is -2.27. The lowest BCUT2D eigenvalue weighted by Gasteiger charge is -2.32. The predicted octanol–water partition coefficient (Wildman–Crippen LogP) is 3.89. The lowest BCUT2D eigenvalue weighted by molar-refractivity contribution is -0.119. The minimum atomic E-state index is 0.165. The molecule has 0 amide bonds. The van der Waals surface area contributed by atoms with Gasteiger partial charge in [-0.15, -0.1) is 11.8 Å². The van der Waals surface area contributed by atoms with E-state index in [1.165, 1.54) is 24.8 Å². The normalized spacial score (nSPS) is 40.4. The highest BCUT2D eigenvalue weighted by molar-refractivity contribution is 8.03. The van der Waals surface area contributed by atoms with Gasteiger partial charge in [0.25, 0.3) is 0 Å². The second-order valence-corrected chi connectivity index (χ2v) is 7.76. The SMILES string of the molecule is CSC1=C(C(C)(C)C)C2C3CCC(C3)C2C1=O. The van der Waals surface area contributed by atoms with E-state index >= 15 is 0 Å². The van der Waals surface area contributed by atoms with Crippen LogP contribution in [0.25, 0.3) is 0 Å². The fourth-order valence-electron chi connectivity index (χ4n) is 4.57. The van der Waals surface area contributed by atoms with Gasteiger partial charge in [-0.1, -0.05) is 20.8 Å². The van der Waals surface area contributed by atoms with Crippen LogP contribution in [0, 0.1) is 29.1 Å². The van der Waals surface area contributed by atoms with Crippen molar-refractivity contribution >= 4 is 17.5 Å². The zero-order valence-electron chi connectivity index (χ0n) is 11.2. The van der Waals surface area contributed by atoms with Crippen LogP contribution < -0.4 is 0 Å². The summed E-state index contributed by atoms with van der Waals surface area (Å²) in [5, 5.41) is 0. The van der Waals surface area contributed by atoms with E-state index in [1.807, 2.05) is 0 Å². The Balaban J connectivity index is 2.09. The van der Waals surface area contributed by atoms with Crippen LogP contribution in [0.3, 0.4) is 0 Å². The van der Waals surface area contributed by atoms with Crippen molar-refractivity contribution in [3.63, 3.8) is 0 Å². The van der Waals surface area contributed by atoms with Crippen molar-refractivity contribution in [1.29, 1.82) is 0 Å². The summed E-state index contributed by atoms with van der Waals surface area (Å²) in [5.41, 5.74) is 1.66. The molecule has 0 spiro atoms. The fourth-order valence-corrected chi connectivity index (χ4v) is 5.57. The van der Waals surface area contributed by atoms with Gasteiger partial charge in [-0.05, 0) is 54.3 Å². The smallest absolute Gasteiger partial charge is 0.173 e. The van der Waals surface area contributed by atoms with E-state index in [9.17, 15) is 4.79 Å². The summed E-state index contributed by atoms with van der Waals surface area (Å²) in [7, 11) is 0. The molecule has 0 aromatic carbocycles. The third kappa shape index (κ3) is 1.49. The Morgan fingerprint density at radius 2 is 1.71 bits per heavy atom. The fraction of sp³-hybridized carbons (Fsp3) is 0.800. The molecule has 3 aliphatic rings. The number of allylic oxidation sites excluding steroid dienone is 2. The number of ketones is 1. The van der Waals surface area contributed by atoms with Crippen molar-refractivity contribution in [3.05, 3.63) is 10.5 Å². The lowest BCUT2D eigenvalue weighted by atomic mass is 9.71. The Hall–Kier alpha value is -0.240. The third-order valence-electron chi connectivity index (χ3n) is 5.03. The summed E-state index contributed by atoms with van der Waals surface area (Å²) in [6.07, 6.45) is 6.06. The molecule has 0 aromatic heterocycles. The van der Waals surface area contributed by atoms with Crippen molar-refractivity contribution in [1.82, 2.24) is 0 Å². The number of carbonyl (C=O) groups excluding carboxylic acids is 1. The highest BCUT2D eigenvalue weighted by atomic mass is 32.2. The summed E-state index contributed by atoms with van der Waals surface area (Å²) in [6, 6.07) is 0. The molecule has 3 rings (SSSR count). The van der Waals surface area contributed by atoms with Crippen molar-refractivity contribution < 1.29 is 4.79 Å². The zero-order valence-corrected chi connectivity index (χ0v) is 12.1. The number of carbonyl (C=O) groups is 1. The Bertz CT molecular complexity index is 402. The van der Waals surface area contributed by atoms with Gasteiger partial charge in [0, 0.05) is 5.92 Å². The topological polar surface area (TPSA) is 17.1 Å². The molecule has 2 saturated carbocycles. The molecular weight excluding hydrogens is 228 g/mol. The first kappa shape index (κ1) is 11.8. The molecule has 94 valence electrons. The van der Waals surface area contributed by atoms with Crippen LogP contribution in [0.5, 0.6) is 0 Å². The highest BCUT2D eigenvalue weighted by Gasteiger charge is 2.58. The van der Waals surface area contributed by atoms with E-state index in [-0.39, 0.29) is 5.41 Å². The third-order valence-corrected chi connectivity index (χ3v) is 5.86. The van der Waals surface area contributed by atoms with Crippen LogP contribution in [0.2, 0.25) is 0 Å². The van der Waals surface area contributed by atoms with E-state index in [1.54, 1.807) is 11.8 Å². The first-order valence-corrected chi connectivity index (χ1v) is 8.00. The quantitative estimate of drug-likeness (QED) is 0.702. The molecule has 17 heavy (non-hydrogen) atoms. The molecule has 0 saturated heterocycles. The van der Waals surface area contributed by atoms with Crippen LogP contribution in [-0.4, -0.2) is 12.0 Å². The largest absolute Gasteiger partial charge is 0.293 e. The molecule has 2 bridgehead atoms. The van der Waals surface area contributed by atoms with Gasteiger partial charge in [-0.3, -0.25) is 4.79 Å². The number of hydrogen-bond acceptors (Lipinski definition) is 2. The number of rotatable bonds is 1. The summed E-state index contributed by atoms with van der Waals surface area (Å²) in [4.78, 5) is 13.7. The molecule has 0 aromatic rings. The monoisotopic (exact) mass is 250 g/mol. The Morgan fingerprint density at radius 1 is 1.12 bits per heavy atom. The Morgan fingerprint density at radius 3 is 2.24 bits per heavy atom. The summed E-state index contributed by atoms with van der Waals surface area (Å²) in [5.74, 6) is 2.97. The number of thioether (sulfide) groups is 1. The molecule has 0 radical (unpaired) electrons. The highest BCUT2D eigenvalue weighted by Crippen LogP contribution is 2.63. The summed E-state index contributed by atoms with van der Waals surface area (Å²) < 4.78 is 0. The summed E-state index contributed by atoms with van der Waals surface area (Å²) >= 11 is 1.69. The first-order chi connectivity index (χ1) is 7.95. The van der Waals surface area contributed by atoms with Crippen molar-refractivity contribution in [3.8, 4) is 0 Å². The van der Waals surface area contributed by atoms with Gasteiger partial charge in [0.05, 0.1) is 4.91 Å². The van der Waals surface area contributed by atoms with Gasteiger partial charge in [0.1, 0.15) is 0 Å². The van der Waals surface area contributed by atoms with Crippen LogP contribution in [-0.2, 0) is 4.79 Å². The van der Waals surface area contributed by atoms with Crippen LogP contribution in [0.1, 0.15) is 40.0 Å². The molecule has 2 fully saturated rings. The van der Waals surface area contributed by atoms with Gasteiger partial charge in [0.15, 0.2) is 5.78 Å².